The van der Waals surface area contributed by atoms with Gasteiger partial charge < -0.3 is 29.6 Å². The molecule has 2 aromatic carbocycles. The van der Waals surface area contributed by atoms with Gasteiger partial charge in [-0.1, -0.05) is 0 Å². The highest BCUT2D eigenvalue weighted by atomic mass is 31.2. The number of anilines is 5. The molecule has 3 aromatic heterocycles. The van der Waals surface area contributed by atoms with Gasteiger partial charge in [0.1, 0.15) is 29.8 Å². The van der Waals surface area contributed by atoms with Crippen LogP contribution < -0.4 is 25.6 Å². The Morgan fingerprint density at radius 3 is 2.43 bits per heavy atom. The normalized spacial score (nSPS) is 14.0. The number of ether oxygens (including phenoxy) is 2. The first-order valence-electron chi connectivity index (χ1n) is 14.2. The second-order valence-corrected chi connectivity index (χ2v) is 14.2. The van der Waals surface area contributed by atoms with Gasteiger partial charge in [0.15, 0.2) is 0 Å². The number of fused-ring (bicyclic) bond motifs is 1. The lowest BCUT2D eigenvalue weighted by atomic mass is 10.0. The summed E-state index contributed by atoms with van der Waals surface area (Å²) in [5.74, 6) is -0.341. The van der Waals surface area contributed by atoms with Crippen LogP contribution in [-0.4, -0.2) is 76.5 Å². The minimum atomic E-state index is -4.78. The van der Waals surface area contributed by atoms with Gasteiger partial charge in [0.25, 0.3) is 0 Å². The number of nitrogens with zero attached hydrogens (tertiary/aromatic N) is 7. The summed E-state index contributed by atoms with van der Waals surface area (Å²) in [6.07, 6.45) is 2.45. The molecule has 1 fully saturated rings. The van der Waals surface area contributed by atoms with Crippen LogP contribution in [-0.2, 0) is 22.5 Å². The molecule has 0 atom stereocenters. The molecule has 0 radical (unpaired) electrons. The number of alkyl halides is 3. The molecule has 0 unspecified atom stereocenters. The number of methoxy groups -OCH3 is 1. The lowest BCUT2D eigenvalue weighted by molar-refractivity contribution is -0.137. The third kappa shape index (κ3) is 6.33. The van der Waals surface area contributed by atoms with Crippen molar-refractivity contribution in [3.63, 3.8) is 0 Å². The van der Waals surface area contributed by atoms with E-state index in [1.165, 1.54) is 19.5 Å². The number of halogens is 3. The van der Waals surface area contributed by atoms with Crippen molar-refractivity contribution in [1.82, 2.24) is 29.7 Å². The molecule has 16 heteroatoms. The van der Waals surface area contributed by atoms with Crippen LogP contribution in [0, 0.1) is 0 Å². The molecule has 240 valence electrons. The maximum absolute atomic E-state index is 14.3. The molecular weight excluding hydrogens is 622 g/mol. The standard InChI is InChI=1S/C30H31F3N9O3P/c1-41-17-18(15-37-41)19-13-23(25(44-2)14-24(19)42-9-11-45-12-10-42)38-28-20(30(31,32)33)16-36-29(40-28)39-22-6-5-21-26(35-8-7-34-21)27(22)46(3,4)43/h5-8,13-17H,9-12H2,1-4H3,(H2,36,38,39,40). The maximum Gasteiger partial charge on any atom is 0.421 e. The summed E-state index contributed by atoms with van der Waals surface area (Å²) in [4.78, 5) is 19.0. The second kappa shape index (κ2) is 12.2. The topological polar surface area (TPSA) is 132 Å². The maximum atomic E-state index is 14.3. The number of aromatic nitrogens is 6. The highest BCUT2D eigenvalue weighted by Crippen LogP contribution is 2.44. The monoisotopic (exact) mass is 653 g/mol. The number of morpholine rings is 1. The van der Waals surface area contributed by atoms with Gasteiger partial charge in [0.2, 0.25) is 5.95 Å². The first-order valence-corrected chi connectivity index (χ1v) is 16.8. The number of nitrogens with one attached hydrogen (secondary N) is 2. The molecule has 5 aromatic rings. The van der Waals surface area contributed by atoms with E-state index < -0.39 is 24.7 Å². The van der Waals surface area contributed by atoms with Crippen LogP contribution >= 0.6 is 7.14 Å². The molecule has 1 saturated heterocycles. The molecule has 0 spiro atoms. The fraction of sp³-hybridized carbons (Fsp3) is 0.300. The van der Waals surface area contributed by atoms with Crippen LogP contribution in [0.5, 0.6) is 5.75 Å². The molecule has 0 aliphatic carbocycles. The van der Waals surface area contributed by atoms with Gasteiger partial charge in [-0.2, -0.15) is 23.3 Å². The Morgan fingerprint density at radius 1 is 1.00 bits per heavy atom. The highest BCUT2D eigenvalue weighted by molar-refractivity contribution is 7.71. The van der Waals surface area contributed by atoms with E-state index in [-0.39, 0.29) is 11.6 Å². The average molecular weight is 654 g/mol. The number of hydrogen-bond donors (Lipinski definition) is 2. The predicted molar refractivity (Wildman–Crippen MR) is 170 cm³/mol. The summed E-state index contributed by atoms with van der Waals surface area (Å²) in [7, 11) is 0.281. The van der Waals surface area contributed by atoms with Crippen molar-refractivity contribution in [2.75, 3.05) is 62.3 Å². The van der Waals surface area contributed by atoms with Crippen LogP contribution in [0.15, 0.2) is 55.2 Å². The van der Waals surface area contributed by atoms with Crippen molar-refractivity contribution in [2.24, 2.45) is 7.05 Å². The fourth-order valence-electron chi connectivity index (χ4n) is 5.35. The summed E-state index contributed by atoms with van der Waals surface area (Å²) in [5.41, 5.74) is 2.80. The molecule has 2 N–H and O–H groups in total. The molecule has 4 heterocycles. The zero-order valence-corrected chi connectivity index (χ0v) is 26.4. The van der Waals surface area contributed by atoms with Gasteiger partial charge in [-0.05, 0) is 31.5 Å². The predicted octanol–water partition coefficient (Wildman–Crippen LogP) is 5.42. The lowest BCUT2D eigenvalue weighted by Crippen LogP contribution is -2.36. The smallest absolute Gasteiger partial charge is 0.421 e. The van der Waals surface area contributed by atoms with Crippen molar-refractivity contribution in [2.45, 2.75) is 6.18 Å². The van der Waals surface area contributed by atoms with Gasteiger partial charge in [-0.15, -0.1) is 0 Å². The first kappa shape index (κ1) is 31.2. The van der Waals surface area contributed by atoms with Crippen molar-refractivity contribution in [3.05, 3.63) is 60.8 Å². The Kier molecular flexibility index (Phi) is 8.30. The van der Waals surface area contributed by atoms with Gasteiger partial charge in [0.05, 0.1) is 48.7 Å². The zero-order chi connectivity index (χ0) is 32.6. The first-order chi connectivity index (χ1) is 21.9. The molecule has 0 bridgehead atoms. The summed E-state index contributed by atoms with van der Waals surface area (Å²) in [6.45, 7) is 5.50. The highest BCUT2D eigenvalue weighted by Gasteiger charge is 2.36. The van der Waals surface area contributed by atoms with E-state index in [2.05, 4.69) is 40.6 Å². The third-order valence-electron chi connectivity index (χ3n) is 7.43. The lowest BCUT2D eigenvalue weighted by Gasteiger charge is -2.31. The number of aryl methyl sites for hydroxylation is 1. The van der Waals surface area contributed by atoms with Gasteiger partial charge >= 0.3 is 6.18 Å². The van der Waals surface area contributed by atoms with Crippen molar-refractivity contribution < 1.29 is 27.2 Å². The van der Waals surface area contributed by atoms with Crippen molar-refractivity contribution in [1.29, 1.82) is 0 Å². The SMILES string of the molecule is COc1cc(N2CCOCC2)c(-c2cnn(C)c2)cc1Nc1nc(Nc2ccc3nccnc3c2P(C)(C)=O)ncc1C(F)(F)F. The van der Waals surface area contributed by atoms with E-state index in [1.807, 2.05) is 6.20 Å². The van der Waals surface area contributed by atoms with Crippen LogP contribution in [0.25, 0.3) is 22.2 Å². The van der Waals surface area contributed by atoms with E-state index in [4.69, 9.17) is 9.47 Å². The Bertz CT molecular complexity index is 1960. The summed E-state index contributed by atoms with van der Waals surface area (Å²) < 4.78 is 69.1. The van der Waals surface area contributed by atoms with Gasteiger partial charge in [-0.25, -0.2) is 4.98 Å². The molecule has 0 amide bonds. The van der Waals surface area contributed by atoms with Crippen LogP contribution in [0.1, 0.15) is 5.56 Å². The fourth-order valence-corrected chi connectivity index (χ4v) is 6.75. The zero-order valence-electron chi connectivity index (χ0n) is 25.5. The second-order valence-electron chi connectivity index (χ2n) is 11.0. The Balaban J connectivity index is 1.45. The van der Waals surface area contributed by atoms with E-state index in [0.29, 0.717) is 60.3 Å². The molecule has 46 heavy (non-hydrogen) atoms. The van der Waals surface area contributed by atoms with Gasteiger partial charge in [0, 0.05) is 67.8 Å². The minimum Gasteiger partial charge on any atom is -0.494 e. The summed E-state index contributed by atoms with van der Waals surface area (Å²) in [6, 6.07) is 6.81. The summed E-state index contributed by atoms with van der Waals surface area (Å²) in [5, 5.41) is 10.5. The van der Waals surface area contributed by atoms with Crippen LogP contribution in [0.3, 0.4) is 0 Å². The molecule has 0 saturated carbocycles. The van der Waals surface area contributed by atoms with E-state index >= 15 is 0 Å². The summed E-state index contributed by atoms with van der Waals surface area (Å²) >= 11 is 0. The Labute approximate surface area is 262 Å². The van der Waals surface area contributed by atoms with Crippen molar-refractivity contribution >= 4 is 52.3 Å². The minimum absolute atomic E-state index is 0.148. The number of hydrogen-bond acceptors (Lipinski definition) is 11. The van der Waals surface area contributed by atoms with E-state index in [1.54, 1.807) is 55.5 Å². The molecule has 1 aliphatic rings. The van der Waals surface area contributed by atoms with Gasteiger partial charge in [-0.3, -0.25) is 14.6 Å². The Hall–Kier alpha value is -4.75. The van der Waals surface area contributed by atoms with E-state index in [9.17, 15) is 17.7 Å². The molecular formula is C30H31F3N9O3P. The molecule has 6 rings (SSSR count). The Morgan fingerprint density at radius 2 is 1.76 bits per heavy atom. The van der Waals surface area contributed by atoms with E-state index in [0.717, 1.165) is 16.8 Å². The average Bonchev–Trinajstić information content (AvgIpc) is 3.46. The molecule has 12 nitrogen and oxygen atoms in total. The van der Waals surface area contributed by atoms with Crippen molar-refractivity contribution in [3.8, 4) is 16.9 Å². The third-order valence-corrected chi connectivity index (χ3v) is 8.96. The largest absolute Gasteiger partial charge is 0.494 e. The quantitative estimate of drug-likeness (QED) is 0.208. The molecule has 1 aliphatic heterocycles. The number of rotatable bonds is 8. The number of benzene rings is 2. The van der Waals surface area contributed by atoms with Crippen LogP contribution in [0.2, 0.25) is 0 Å². The van der Waals surface area contributed by atoms with Crippen LogP contribution in [0.4, 0.5) is 42.0 Å².